The highest BCUT2D eigenvalue weighted by Gasteiger charge is 2.46. The van der Waals surface area contributed by atoms with Gasteiger partial charge in [-0.05, 0) is 60.3 Å². The van der Waals surface area contributed by atoms with Crippen molar-refractivity contribution in [2.45, 2.75) is 19.5 Å². The number of Topliss-reactive ketones (excluding diaryl/α,β-unsaturated/α-hetero) is 1. The minimum atomic E-state index is -0.691. The maximum Gasteiger partial charge on any atom is 0.295 e. The lowest BCUT2D eigenvalue weighted by Crippen LogP contribution is -2.28. The summed E-state index contributed by atoms with van der Waals surface area (Å²) >= 11 is 1.44. The molecule has 0 spiro atoms. The van der Waals surface area contributed by atoms with Gasteiger partial charge in [0.15, 0.2) is 0 Å². The van der Waals surface area contributed by atoms with Gasteiger partial charge >= 0.3 is 0 Å². The highest BCUT2D eigenvalue weighted by atomic mass is 32.1. The topological polar surface area (TPSA) is 76.1 Å². The van der Waals surface area contributed by atoms with E-state index in [-0.39, 0.29) is 17.9 Å². The number of ether oxygens (including phenoxy) is 2. The van der Waals surface area contributed by atoms with Crippen molar-refractivity contribution in [3.63, 3.8) is 0 Å². The van der Waals surface area contributed by atoms with Gasteiger partial charge in [-0.25, -0.2) is 0 Å². The van der Waals surface area contributed by atoms with E-state index in [4.69, 9.17) is 9.47 Å². The van der Waals surface area contributed by atoms with Gasteiger partial charge in [-0.1, -0.05) is 18.2 Å². The highest BCUT2D eigenvalue weighted by molar-refractivity contribution is 7.10. The van der Waals surface area contributed by atoms with Crippen LogP contribution < -0.4 is 9.47 Å². The maximum atomic E-state index is 13.0. The van der Waals surface area contributed by atoms with E-state index in [2.05, 4.69) is 0 Å². The number of hydrogen-bond acceptors (Lipinski definition) is 6. The van der Waals surface area contributed by atoms with Gasteiger partial charge in [0.05, 0.1) is 25.3 Å². The zero-order valence-corrected chi connectivity index (χ0v) is 18.6. The number of benzene rings is 2. The van der Waals surface area contributed by atoms with E-state index in [0.29, 0.717) is 23.7 Å². The second-order valence-corrected chi connectivity index (χ2v) is 8.23. The summed E-state index contributed by atoms with van der Waals surface area (Å²) in [6.07, 6.45) is 0. The Morgan fingerprint density at radius 3 is 2.31 bits per heavy atom. The molecule has 1 aliphatic rings. The van der Waals surface area contributed by atoms with E-state index in [0.717, 1.165) is 10.4 Å². The van der Waals surface area contributed by atoms with Gasteiger partial charge in [0.2, 0.25) is 0 Å². The van der Waals surface area contributed by atoms with Crippen molar-refractivity contribution in [2.24, 2.45) is 0 Å². The van der Waals surface area contributed by atoms with E-state index in [1.54, 1.807) is 31.4 Å². The number of amides is 1. The van der Waals surface area contributed by atoms with Crippen LogP contribution in [0.15, 0.2) is 71.6 Å². The summed E-state index contributed by atoms with van der Waals surface area (Å²) in [6.45, 7) is 2.65. The third-order valence-electron chi connectivity index (χ3n) is 5.30. The van der Waals surface area contributed by atoms with Crippen molar-refractivity contribution in [1.29, 1.82) is 0 Å². The second-order valence-electron chi connectivity index (χ2n) is 7.25. The highest BCUT2D eigenvalue weighted by Crippen LogP contribution is 2.42. The number of hydrogen-bond donors (Lipinski definition) is 1. The molecule has 6 nitrogen and oxygen atoms in total. The third kappa shape index (κ3) is 4.11. The van der Waals surface area contributed by atoms with Crippen molar-refractivity contribution in [1.82, 2.24) is 4.90 Å². The Bertz CT molecular complexity index is 1130. The van der Waals surface area contributed by atoms with Crippen molar-refractivity contribution in [2.75, 3.05) is 13.7 Å². The number of rotatable bonds is 7. The fourth-order valence-corrected chi connectivity index (χ4v) is 4.59. The van der Waals surface area contributed by atoms with E-state index < -0.39 is 17.7 Å². The third-order valence-corrected chi connectivity index (χ3v) is 6.23. The SMILES string of the molecule is CCOc1ccc(/C(O)=C2/C(=O)C(=O)N(Cc3ccc(OC)cc3)C2c2cccs2)cc1. The number of nitrogens with zero attached hydrogens (tertiary/aromatic N) is 1. The molecular weight excluding hydrogens is 426 g/mol. The summed E-state index contributed by atoms with van der Waals surface area (Å²) in [5, 5.41) is 13.0. The lowest BCUT2D eigenvalue weighted by Gasteiger charge is -2.24. The summed E-state index contributed by atoms with van der Waals surface area (Å²) < 4.78 is 10.6. The van der Waals surface area contributed by atoms with Gasteiger partial charge in [0.1, 0.15) is 17.3 Å². The molecule has 2 heterocycles. The number of ketones is 1. The lowest BCUT2D eigenvalue weighted by molar-refractivity contribution is -0.140. The maximum absolute atomic E-state index is 13.0. The van der Waals surface area contributed by atoms with Crippen LogP contribution in [0.5, 0.6) is 11.5 Å². The first-order valence-corrected chi connectivity index (χ1v) is 11.1. The van der Waals surface area contributed by atoms with Gasteiger partial charge in [-0.2, -0.15) is 0 Å². The fourth-order valence-electron chi connectivity index (χ4n) is 3.74. The van der Waals surface area contributed by atoms with Crippen molar-refractivity contribution in [3.05, 3.63) is 87.6 Å². The minimum absolute atomic E-state index is 0.0927. The van der Waals surface area contributed by atoms with E-state index in [9.17, 15) is 14.7 Å². The Hall–Kier alpha value is -3.58. The Labute approximate surface area is 190 Å². The second kappa shape index (κ2) is 9.28. The number of aliphatic hydroxyl groups excluding tert-OH is 1. The molecule has 0 saturated carbocycles. The largest absolute Gasteiger partial charge is 0.507 e. The molecule has 1 N–H and O–H groups in total. The Balaban J connectivity index is 1.74. The van der Waals surface area contributed by atoms with Crippen LogP contribution in [0.2, 0.25) is 0 Å². The molecule has 4 rings (SSSR count). The van der Waals surface area contributed by atoms with E-state index in [1.165, 1.54) is 16.2 Å². The van der Waals surface area contributed by atoms with Crippen LogP contribution >= 0.6 is 11.3 Å². The number of thiophene rings is 1. The number of aliphatic hydroxyl groups is 1. The molecular formula is C25H23NO5S. The molecule has 32 heavy (non-hydrogen) atoms. The summed E-state index contributed by atoms with van der Waals surface area (Å²) in [6, 6.07) is 17.2. The quantitative estimate of drug-likeness (QED) is 0.319. The molecule has 1 atom stereocenters. The van der Waals surface area contributed by atoms with E-state index >= 15 is 0 Å². The van der Waals surface area contributed by atoms with Gasteiger partial charge < -0.3 is 19.5 Å². The van der Waals surface area contributed by atoms with Crippen LogP contribution in [0.3, 0.4) is 0 Å². The van der Waals surface area contributed by atoms with Crippen molar-refractivity contribution < 1.29 is 24.2 Å². The van der Waals surface area contributed by atoms with Crippen LogP contribution in [-0.2, 0) is 16.1 Å². The van der Waals surface area contributed by atoms with Crippen LogP contribution in [0.1, 0.15) is 29.0 Å². The number of carbonyl (C=O) groups is 2. The molecule has 1 saturated heterocycles. The molecule has 1 aromatic heterocycles. The minimum Gasteiger partial charge on any atom is -0.507 e. The van der Waals surface area contributed by atoms with Gasteiger partial charge in [0.25, 0.3) is 11.7 Å². The lowest BCUT2D eigenvalue weighted by atomic mass is 9.99. The predicted octanol–water partition coefficient (Wildman–Crippen LogP) is 4.78. The van der Waals surface area contributed by atoms with Crippen LogP contribution in [0, 0.1) is 0 Å². The molecule has 7 heteroatoms. The average molecular weight is 450 g/mol. The van der Waals surface area contributed by atoms with Gasteiger partial charge in [0, 0.05) is 17.0 Å². The molecule has 1 amide bonds. The first-order valence-electron chi connectivity index (χ1n) is 10.2. The molecule has 1 fully saturated rings. The average Bonchev–Trinajstić information content (AvgIpc) is 3.43. The molecule has 0 radical (unpaired) electrons. The zero-order chi connectivity index (χ0) is 22.7. The molecule has 1 aliphatic heterocycles. The summed E-state index contributed by atoms with van der Waals surface area (Å²) in [5.74, 6) is -0.142. The zero-order valence-electron chi connectivity index (χ0n) is 17.8. The Morgan fingerprint density at radius 2 is 1.72 bits per heavy atom. The summed E-state index contributed by atoms with van der Waals surface area (Å²) in [5.41, 5.74) is 1.41. The summed E-state index contributed by atoms with van der Waals surface area (Å²) in [7, 11) is 1.59. The van der Waals surface area contributed by atoms with Gasteiger partial charge in [-0.3, -0.25) is 9.59 Å². The number of methoxy groups -OCH3 is 1. The van der Waals surface area contributed by atoms with E-state index in [1.807, 2.05) is 48.7 Å². The van der Waals surface area contributed by atoms with Crippen molar-refractivity contribution >= 4 is 28.8 Å². The predicted molar refractivity (Wildman–Crippen MR) is 123 cm³/mol. The normalized spacial score (nSPS) is 17.6. The molecule has 0 bridgehead atoms. The molecule has 0 aliphatic carbocycles. The first kappa shape index (κ1) is 21.6. The molecule has 2 aromatic carbocycles. The number of carbonyl (C=O) groups excluding carboxylic acids is 2. The first-order chi connectivity index (χ1) is 15.5. The molecule has 3 aromatic rings. The Kier molecular flexibility index (Phi) is 6.28. The monoisotopic (exact) mass is 449 g/mol. The standard InChI is InChI=1S/C25H23NO5S/c1-3-31-19-12-8-17(9-13-19)23(27)21-22(20-5-4-14-32-20)26(25(29)24(21)28)15-16-6-10-18(30-2)11-7-16/h4-14,22,27H,3,15H2,1-2H3/b23-21-. The molecule has 164 valence electrons. The van der Waals surface area contributed by atoms with Crippen LogP contribution in [-0.4, -0.2) is 35.4 Å². The van der Waals surface area contributed by atoms with Gasteiger partial charge in [-0.15, -0.1) is 11.3 Å². The van der Waals surface area contributed by atoms with Crippen LogP contribution in [0.25, 0.3) is 5.76 Å². The van der Waals surface area contributed by atoms with Crippen molar-refractivity contribution in [3.8, 4) is 11.5 Å². The Morgan fingerprint density at radius 1 is 1.03 bits per heavy atom. The number of likely N-dealkylation sites (tertiary alicyclic amines) is 1. The summed E-state index contributed by atoms with van der Waals surface area (Å²) in [4.78, 5) is 28.4. The molecule has 1 unspecified atom stereocenters. The fraction of sp³-hybridized carbons (Fsp3) is 0.200. The van der Waals surface area contributed by atoms with Crippen LogP contribution in [0.4, 0.5) is 0 Å². The smallest absolute Gasteiger partial charge is 0.295 e.